The molecule has 0 saturated carbocycles. The lowest BCUT2D eigenvalue weighted by Gasteiger charge is -2.30. The molecule has 0 amide bonds. The zero-order valence-electron chi connectivity index (χ0n) is 67.1. The van der Waals surface area contributed by atoms with Gasteiger partial charge in [0.05, 0.1) is 53.9 Å². The molecule has 0 N–H and O–H groups in total. The van der Waals surface area contributed by atoms with Crippen LogP contribution in [0, 0.1) is 0 Å². The van der Waals surface area contributed by atoms with Crippen molar-refractivity contribution >= 4 is 163 Å². The van der Waals surface area contributed by atoms with Crippen molar-refractivity contribution in [1.82, 2.24) is 19.1 Å². The van der Waals surface area contributed by atoms with Crippen LogP contribution in [-0.2, 0) is 10.8 Å². The van der Waals surface area contributed by atoms with Crippen LogP contribution in [0.3, 0.4) is 0 Å². The van der Waals surface area contributed by atoms with Crippen molar-refractivity contribution in [3.05, 3.63) is 432 Å². The molecule has 7 heteroatoms. The quantitative estimate of drug-likeness (QED) is 0.142. The Morgan fingerprint density at radius 1 is 0.266 bits per heavy atom. The molecule has 0 fully saturated rings. The Morgan fingerprint density at radius 3 is 1.07 bits per heavy atom. The topological polar surface area (TPSA) is 35.6 Å². The van der Waals surface area contributed by atoms with Crippen molar-refractivity contribution in [2.45, 2.75) is 17.8 Å². The average Bonchev–Trinajstić information content (AvgIpc) is 1.51. The number of thiophene rings is 3. The van der Waals surface area contributed by atoms with E-state index < -0.39 is 10.8 Å². The second kappa shape index (κ2) is 25.3. The average molecular weight is 1630 g/mol. The minimum Gasteiger partial charge on any atom is -0.309 e. The summed E-state index contributed by atoms with van der Waals surface area (Å²) in [7, 11) is 0. The Bertz CT molecular complexity index is 8890. The number of benzene rings is 18. The van der Waals surface area contributed by atoms with Gasteiger partial charge in [0.1, 0.15) is 11.0 Å². The first kappa shape index (κ1) is 68.8. The second-order valence-corrected chi connectivity index (χ2v) is 37.0. The molecule has 574 valence electrons. The Labute approximate surface area is 725 Å². The number of fused-ring (bicyclic) bond motifs is 37. The van der Waals surface area contributed by atoms with Gasteiger partial charge in [-0.3, -0.25) is 0 Å². The van der Waals surface area contributed by atoms with Gasteiger partial charge < -0.3 is 9.13 Å². The molecule has 6 heterocycles. The Morgan fingerprint density at radius 2 is 0.621 bits per heavy atom. The van der Waals surface area contributed by atoms with Crippen LogP contribution in [0.5, 0.6) is 0 Å². The van der Waals surface area contributed by atoms with Gasteiger partial charge in [-0.2, -0.15) is 0 Å². The molecule has 24 aromatic rings. The number of para-hydroxylation sites is 1. The highest BCUT2D eigenvalue weighted by Crippen LogP contribution is 2.66. The SMILES string of the molecule is C=Cc1c(/C=C\C)n(-c2ccc3c(c2)C2(c4ccccc4-c4ccccc42)c2ccccc2-3)c2ccc(-c3ccc4c5ccc(-c6ccc7c(c6)c6ccccc6n7-c6ccc7c(c6)C6(c8ccccc8-c8ccccc86)c6ccccc6-7)cc5c5nc6c(-c7cccc8c7sc7ccccc78)sc(-c7cccc8c7sc7ccccc78)c6nc5c4c3)cc12. The first-order chi connectivity index (χ1) is 61.4. The summed E-state index contributed by atoms with van der Waals surface area (Å²) in [6.07, 6.45) is 6.48. The van der Waals surface area contributed by atoms with Crippen LogP contribution in [-0.4, -0.2) is 19.1 Å². The van der Waals surface area contributed by atoms with Crippen molar-refractivity contribution in [2.75, 3.05) is 0 Å². The van der Waals surface area contributed by atoms with E-state index in [0.29, 0.717) is 0 Å². The molecule has 0 unspecified atom stereocenters. The summed E-state index contributed by atoms with van der Waals surface area (Å²) < 4.78 is 10.0. The van der Waals surface area contributed by atoms with Gasteiger partial charge in [-0.15, -0.1) is 34.0 Å². The zero-order valence-corrected chi connectivity index (χ0v) is 69.5. The standard InChI is InChI=1S/C117H68N4S3/c1-3-25-102-72(4-2)90-60-68(50-58-104(90)120(102)70-52-56-81-79-30-9-18-43-98(79)116(100(81)64-70)94-39-14-5-26-75(94)76-27-6-15-40-95(76)116)66-48-54-73-74-55-49-67(69-51-59-105-91(61-69)83-32-11-20-45-103(83)121(105)71-53-57-82-80-31-10-19-44-99(80)117(101(82)65-71)96-41-16-7-28-77(96)78-29-8-17-42-97(78)117)63-93(74)109-108(92(73)62-66)118-110-111(119-109)115(89-38-24-36-87-85-34-13-22-47-107(85)123-113(87)89)124-114(110)88-37-23-35-86-84-33-12-21-46-106(84)122-112(86)88/h3-65H,2H2,1H3/b25-3-. The Balaban J connectivity index is 0.654. The third-order valence-corrected chi connectivity index (χ3v) is 31.7. The molecule has 18 aromatic carbocycles. The van der Waals surface area contributed by atoms with E-state index in [2.05, 4.69) is 405 Å². The molecule has 0 atom stereocenters. The maximum absolute atomic E-state index is 6.25. The van der Waals surface area contributed by atoms with E-state index >= 15 is 0 Å². The molecular formula is C117H68N4S3. The number of nitrogens with zero attached hydrogens (tertiary/aromatic N) is 4. The van der Waals surface area contributed by atoms with Crippen LogP contribution >= 0.6 is 34.0 Å². The lowest BCUT2D eigenvalue weighted by molar-refractivity contribution is 0.792. The lowest BCUT2D eigenvalue weighted by atomic mass is 9.70. The summed E-state index contributed by atoms with van der Waals surface area (Å²) in [5.41, 5.74) is 38.1. The van der Waals surface area contributed by atoms with Gasteiger partial charge in [-0.1, -0.05) is 304 Å². The minimum atomic E-state index is -0.492. The van der Waals surface area contributed by atoms with Crippen molar-refractivity contribution in [3.63, 3.8) is 0 Å². The largest absolute Gasteiger partial charge is 0.309 e. The predicted molar refractivity (Wildman–Crippen MR) is 526 cm³/mol. The molecule has 2 spiro atoms. The molecule has 6 aromatic heterocycles. The smallest absolute Gasteiger partial charge is 0.109 e. The summed E-state index contributed by atoms with van der Waals surface area (Å²) in [5, 5.41) is 12.9. The van der Waals surface area contributed by atoms with E-state index in [-0.39, 0.29) is 0 Å². The van der Waals surface area contributed by atoms with Crippen molar-refractivity contribution < 1.29 is 0 Å². The van der Waals surface area contributed by atoms with Crippen LogP contribution in [0.2, 0.25) is 0 Å². The summed E-state index contributed by atoms with van der Waals surface area (Å²) in [5.74, 6) is 0. The van der Waals surface area contributed by atoms with Crippen LogP contribution in [0.1, 0.15) is 62.7 Å². The molecular weight excluding hydrogens is 1560 g/mol. The highest BCUT2D eigenvalue weighted by Gasteiger charge is 2.53. The van der Waals surface area contributed by atoms with Crippen molar-refractivity contribution in [2.24, 2.45) is 0 Å². The van der Waals surface area contributed by atoms with Crippen molar-refractivity contribution in [1.29, 1.82) is 0 Å². The van der Waals surface area contributed by atoms with Crippen LogP contribution in [0.25, 0.3) is 228 Å². The molecule has 28 rings (SSSR count). The van der Waals surface area contributed by atoms with Gasteiger partial charge in [0.15, 0.2) is 0 Å². The van der Waals surface area contributed by atoms with Crippen LogP contribution < -0.4 is 0 Å². The second-order valence-electron chi connectivity index (χ2n) is 33.8. The fourth-order valence-electron chi connectivity index (χ4n) is 23.1. The third kappa shape index (κ3) is 8.93. The van der Waals surface area contributed by atoms with E-state index in [0.717, 1.165) is 120 Å². The van der Waals surface area contributed by atoms with Crippen LogP contribution in [0.4, 0.5) is 0 Å². The fourth-order valence-corrected chi connectivity index (χ4v) is 26.9. The maximum Gasteiger partial charge on any atom is 0.109 e. The van der Waals surface area contributed by atoms with E-state index in [1.165, 1.54) is 151 Å². The molecule has 0 aliphatic heterocycles. The number of rotatable bonds is 8. The normalized spacial score (nSPS) is 13.7. The maximum atomic E-state index is 6.25. The summed E-state index contributed by atoms with van der Waals surface area (Å²) in [4.78, 5) is 14.7. The van der Waals surface area contributed by atoms with Crippen molar-refractivity contribution in [3.8, 4) is 99.0 Å². The lowest BCUT2D eigenvalue weighted by Crippen LogP contribution is -2.26. The predicted octanol–water partition coefficient (Wildman–Crippen LogP) is 32.0. The number of allylic oxidation sites excluding steroid dienone is 1. The number of aromatic nitrogens is 4. The van der Waals surface area contributed by atoms with Gasteiger partial charge in [-0.05, 0) is 214 Å². The summed E-state index contributed by atoms with van der Waals surface area (Å²) in [6, 6.07) is 138. The number of hydrogen-bond acceptors (Lipinski definition) is 5. The first-order valence-electron chi connectivity index (χ1n) is 42.7. The zero-order chi connectivity index (χ0) is 81.1. The molecule has 4 nitrogen and oxygen atoms in total. The van der Waals surface area contributed by atoms with E-state index in [1.54, 1.807) is 0 Å². The highest BCUT2D eigenvalue weighted by molar-refractivity contribution is 7.28. The molecule has 0 bridgehead atoms. The van der Waals surface area contributed by atoms with Gasteiger partial charge in [-0.25, -0.2) is 9.97 Å². The summed E-state index contributed by atoms with van der Waals surface area (Å²) in [6.45, 7) is 6.72. The molecule has 124 heavy (non-hydrogen) atoms. The van der Waals surface area contributed by atoms with Gasteiger partial charge >= 0.3 is 0 Å². The van der Waals surface area contributed by atoms with Gasteiger partial charge in [0, 0.05) is 95.3 Å². The monoisotopic (exact) mass is 1620 g/mol. The highest BCUT2D eigenvalue weighted by atomic mass is 32.1. The molecule has 0 saturated heterocycles. The Hall–Kier alpha value is -15.0. The van der Waals surface area contributed by atoms with E-state index in [1.807, 2.05) is 34.0 Å². The molecule has 4 aliphatic rings. The fraction of sp³-hybridized carbons (Fsp3) is 0.0256. The minimum absolute atomic E-state index is 0.473. The molecule has 0 radical (unpaired) electrons. The first-order valence-corrected chi connectivity index (χ1v) is 45.2. The number of hydrogen-bond donors (Lipinski definition) is 0. The van der Waals surface area contributed by atoms with Crippen LogP contribution in [0.15, 0.2) is 377 Å². The van der Waals surface area contributed by atoms with Gasteiger partial charge in [0.25, 0.3) is 0 Å². The van der Waals surface area contributed by atoms with E-state index in [9.17, 15) is 0 Å². The summed E-state index contributed by atoms with van der Waals surface area (Å²) >= 11 is 5.58. The van der Waals surface area contributed by atoms with Gasteiger partial charge in [0.2, 0.25) is 0 Å². The third-order valence-electron chi connectivity index (χ3n) is 28.1. The Kier molecular flexibility index (Phi) is 14.1. The van der Waals surface area contributed by atoms with E-state index in [4.69, 9.17) is 9.97 Å². The molecule has 4 aliphatic carbocycles.